The monoisotopic (exact) mass is 253 g/mol. The van der Waals surface area contributed by atoms with Crippen molar-refractivity contribution in [2.24, 2.45) is 10.7 Å². The highest BCUT2D eigenvalue weighted by atomic mass is 32.2. The summed E-state index contributed by atoms with van der Waals surface area (Å²) >= 11 is 0. The molecule has 1 heterocycles. The minimum absolute atomic E-state index is 0.0626. The third kappa shape index (κ3) is 2.48. The lowest BCUT2D eigenvalue weighted by Crippen LogP contribution is -2.23. The molecular weight excluding hydrogens is 238 g/mol. The summed E-state index contributed by atoms with van der Waals surface area (Å²) in [6, 6.07) is 6.88. The van der Waals surface area contributed by atoms with Crippen molar-refractivity contribution in [3.63, 3.8) is 0 Å². The van der Waals surface area contributed by atoms with Crippen LogP contribution in [0.1, 0.15) is 18.9 Å². The van der Waals surface area contributed by atoms with Gasteiger partial charge < -0.3 is 5.73 Å². The van der Waals surface area contributed by atoms with E-state index >= 15 is 0 Å². The van der Waals surface area contributed by atoms with Gasteiger partial charge in [-0.15, -0.1) is 0 Å². The third-order valence-electron chi connectivity index (χ3n) is 2.52. The number of hydrogen-bond donors (Lipinski definition) is 2. The standard InChI is InChI=1S/C11H15N3O2S/c1-8(12)6-7-13-11-9-4-2-3-5-10(9)17(15,16)14-11/h2-5,8H,6-7,12H2,1H3,(H,13,14). The topological polar surface area (TPSA) is 84.5 Å². The quantitative estimate of drug-likeness (QED) is 0.820. The zero-order chi connectivity index (χ0) is 12.5. The Morgan fingerprint density at radius 1 is 1.41 bits per heavy atom. The average Bonchev–Trinajstić information content (AvgIpc) is 2.51. The summed E-state index contributed by atoms with van der Waals surface area (Å²) in [7, 11) is -3.42. The maximum absolute atomic E-state index is 11.7. The molecule has 1 atom stereocenters. The van der Waals surface area contributed by atoms with Gasteiger partial charge in [0.2, 0.25) is 0 Å². The highest BCUT2D eigenvalue weighted by Crippen LogP contribution is 2.22. The Morgan fingerprint density at radius 2 is 2.12 bits per heavy atom. The summed E-state index contributed by atoms with van der Waals surface area (Å²) in [6.45, 7) is 2.41. The summed E-state index contributed by atoms with van der Waals surface area (Å²) in [4.78, 5) is 4.54. The molecule has 0 saturated carbocycles. The van der Waals surface area contributed by atoms with Crippen LogP contribution in [0, 0.1) is 0 Å². The molecule has 1 aliphatic rings. The SMILES string of the molecule is CC(N)CCN=C1NS(=O)(=O)c2ccccc21. The van der Waals surface area contributed by atoms with Crippen molar-refractivity contribution < 1.29 is 8.42 Å². The van der Waals surface area contributed by atoms with Crippen LogP contribution in [-0.2, 0) is 10.0 Å². The number of benzene rings is 1. The summed E-state index contributed by atoms with van der Waals surface area (Å²) in [6.07, 6.45) is 0.730. The van der Waals surface area contributed by atoms with Crippen molar-refractivity contribution in [3.05, 3.63) is 29.8 Å². The maximum atomic E-state index is 11.7. The van der Waals surface area contributed by atoms with Gasteiger partial charge in [-0.2, -0.15) is 0 Å². The Balaban J connectivity index is 2.29. The zero-order valence-corrected chi connectivity index (χ0v) is 10.4. The van der Waals surface area contributed by atoms with E-state index in [-0.39, 0.29) is 6.04 Å². The van der Waals surface area contributed by atoms with Gasteiger partial charge in [0, 0.05) is 18.2 Å². The summed E-state index contributed by atoms with van der Waals surface area (Å²) < 4.78 is 25.9. The summed E-state index contributed by atoms with van der Waals surface area (Å²) in [5.41, 5.74) is 6.25. The number of aliphatic imine (C=N–C) groups is 1. The van der Waals surface area contributed by atoms with Crippen LogP contribution in [0.3, 0.4) is 0 Å². The van der Waals surface area contributed by atoms with Gasteiger partial charge in [0.15, 0.2) is 0 Å². The molecule has 0 aliphatic carbocycles. The second-order valence-corrected chi connectivity index (χ2v) is 5.75. The largest absolute Gasteiger partial charge is 0.328 e. The predicted molar refractivity (Wildman–Crippen MR) is 66.4 cm³/mol. The van der Waals surface area contributed by atoms with E-state index in [0.717, 1.165) is 6.42 Å². The van der Waals surface area contributed by atoms with E-state index in [1.807, 2.05) is 6.92 Å². The second-order valence-electron chi connectivity index (χ2n) is 4.10. The molecule has 1 aliphatic heterocycles. The van der Waals surface area contributed by atoms with Gasteiger partial charge in [-0.05, 0) is 25.5 Å². The Bertz CT molecular complexity index is 550. The normalized spacial score (nSPS) is 20.9. The van der Waals surface area contributed by atoms with Crippen LogP contribution in [0.5, 0.6) is 0 Å². The minimum Gasteiger partial charge on any atom is -0.328 e. The zero-order valence-electron chi connectivity index (χ0n) is 9.55. The molecule has 0 spiro atoms. The maximum Gasteiger partial charge on any atom is 0.263 e. The molecule has 0 radical (unpaired) electrons. The van der Waals surface area contributed by atoms with Crippen LogP contribution in [-0.4, -0.2) is 26.8 Å². The Labute approximate surface area is 101 Å². The highest BCUT2D eigenvalue weighted by molar-refractivity contribution is 7.90. The van der Waals surface area contributed by atoms with Gasteiger partial charge in [-0.3, -0.25) is 9.71 Å². The number of hydrogen-bond acceptors (Lipinski definition) is 4. The number of nitrogens with two attached hydrogens (primary N) is 1. The lowest BCUT2D eigenvalue weighted by molar-refractivity contribution is 0.595. The fraction of sp³-hybridized carbons (Fsp3) is 0.364. The fourth-order valence-electron chi connectivity index (χ4n) is 1.63. The van der Waals surface area contributed by atoms with Crippen LogP contribution in [0.15, 0.2) is 34.2 Å². The van der Waals surface area contributed by atoms with Gasteiger partial charge in [0.25, 0.3) is 10.0 Å². The number of fused-ring (bicyclic) bond motifs is 1. The molecule has 1 unspecified atom stereocenters. The van der Waals surface area contributed by atoms with Crippen LogP contribution in [0.4, 0.5) is 0 Å². The highest BCUT2D eigenvalue weighted by Gasteiger charge is 2.29. The Morgan fingerprint density at radius 3 is 2.82 bits per heavy atom. The molecule has 92 valence electrons. The van der Waals surface area contributed by atoms with Crippen molar-refractivity contribution in [3.8, 4) is 0 Å². The van der Waals surface area contributed by atoms with E-state index in [9.17, 15) is 8.42 Å². The first kappa shape index (κ1) is 12.1. The minimum atomic E-state index is -3.42. The van der Waals surface area contributed by atoms with Crippen molar-refractivity contribution >= 4 is 15.9 Å². The third-order valence-corrected chi connectivity index (χ3v) is 3.91. The summed E-state index contributed by atoms with van der Waals surface area (Å²) in [5.74, 6) is 0.418. The second kappa shape index (κ2) is 4.46. The van der Waals surface area contributed by atoms with E-state index in [1.54, 1.807) is 24.3 Å². The van der Waals surface area contributed by atoms with E-state index in [4.69, 9.17) is 5.73 Å². The molecule has 1 aromatic rings. The number of sulfonamides is 1. The molecule has 0 bridgehead atoms. The van der Waals surface area contributed by atoms with E-state index < -0.39 is 10.0 Å². The fourth-order valence-corrected chi connectivity index (χ4v) is 2.88. The van der Waals surface area contributed by atoms with Crippen LogP contribution in [0.2, 0.25) is 0 Å². The number of amidine groups is 1. The molecule has 2 rings (SSSR count). The molecule has 0 saturated heterocycles. The van der Waals surface area contributed by atoms with Crippen LogP contribution in [0.25, 0.3) is 0 Å². The van der Waals surface area contributed by atoms with E-state index in [2.05, 4.69) is 9.71 Å². The van der Waals surface area contributed by atoms with E-state index in [0.29, 0.717) is 22.8 Å². The lowest BCUT2D eigenvalue weighted by atomic mass is 10.2. The predicted octanol–water partition coefficient (Wildman–Crippen LogP) is 0.462. The molecule has 1 aromatic carbocycles. The molecule has 17 heavy (non-hydrogen) atoms. The van der Waals surface area contributed by atoms with Crippen molar-refractivity contribution in [1.82, 2.24) is 4.72 Å². The molecular formula is C11H15N3O2S. The molecule has 5 nitrogen and oxygen atoms in total. The average molecular weight is 253 g/mol. The molecule has 0 amide bonds. The van der Waals surface area contributed by atoms with Crippen LogP contribution >= 0.6 is 0 Å². The van der Waals surface area contributed by atoms with Gasteiger partial charge >= 0.3 is 0 Å². The first-order valence-corrected chi connectivity index (χ1v) is 6.91. The van der Waals surface area contributed by atoms with Gasteiger partial charge in [-0.1, -0.05) is 12.1 Å². The van der Waals surface area contributed by atoms with Gasteiger partial charge in [0.05, 0.1) is 4.90 Å². The first-order valence-electron chi connectivity index (χ1n) is 5.43. The van der Waals surface area contributed by atoms with Crippen molar-refractivity contribution in [1.29, 1.82) is 0 Å². The van der Waals surface area contributed by atoms with Gasteiger partial charge in [0.1, 0.15) is 5.84 Å². The van der Waals surface area contributed by atoms with Crippen molar-refractivity contribution in [2.75, 3.05) is 6.54 Å². The number of nitrogens with zero attached hydrogens (tertiary/aromatic N) is 1. The molecule has 3 N–H and O–H groups in total. The number of rotatable bonds is 3. The Kier molecular flexibility index (Phi) is 3.17. The smallest absolute Gasteiger partial charge is 0.263 e. The summed E-state index contributed by atoms with van der Waals surface area (Å²) in [5, 5.41) is 0. The molecule has 0 aromatic heterocycles. The first-order chi connectivity index (χ1) is 8.00. The number of nitrogens with one attached hydrogen (secondary N) is 1. The molecule has 0 fully saturated rings. The van der Waals surface area contributed by atoms with Crippen molar-refractivity contribution in [2.45, 2.75) is 24.3 Å². The molecule has 6 heteroatoms. The lowest BCUT2D eigenvalue weighted by Gasteiger charge is -2.02. The Hall–Kier alpha value is -1.40. The van der Waals surface area contributed by atoms with Gasteiger partial charge in [-0.25, -0.2) is 8.42 Å². The van der Waals surface area contributed by atoms with Crippen LogP contribution < -0.4 is 10.5 Å². The van der Waals surface area contributed by atoms with E-state index in [1.165, 1.54) is 0 Å².